The van der Waals surface area contributed by atoms with Crippen LogP contribution in [0.25, 0.3) is 21.5 Å². The molecule has 0 bridgehead atoms. The van der Waals surface area contributed by atoms with Crippen molar-refractivity contribution in [2.45, 2.75) is 0 Å². The first-order chi connectivity index (χ1) is 7.34. The number of nitrogens with zero attached hydrogens (tertiary/aromatic N) is 1. The molecular weight excluding hydrogens is 274 g/mol. The lowest BCUT2D eigenvalue weighted by atomic mass is 10.1. The van der Waals surface area contributed by atoms with Gasteiger partial charge in [0.2, 0.25) is 0 Å². The number of hydrogen-bond donors (Lipinski definition) is 0. The predicted octanol–water partition coefficient (Wildman–Crippen LogP) is 4.32. The number of halogens is 1. The molecule has 0 fully saturated rings. The van der Waals surface area contributed by atoms with Gasteiger partial charge in [-0.1, -0.05) is 35.5 Å². The van der Waals surface area contributed by atoms with E-state index in [9.17, 15) is 0 Å². The monoisotopic (exact) mass is 279 g/mol. The van der Waals surface area contributed by atoms with Crippen molar-refractivity contribution in [2.24, 2.45) is 0 Å². The minimum atomic E-state index is 0.839. The molecule has 0 amide bonds. The number of hydrogen-bond acceptors (Lipinski definition) is 3. The normalized spacial score (nSPS) is 11.0. The smallest absolute Gasteiger partial charge is 0.179 e. The predicted molar refractivity (Wildman–Crippen MR) is 65.0 cm³/mol. The van der Waals surface area contributed by atoms with E-state index in [0.29, 0.717) is 0 Å². The summed E-state index contributed by atoms with van der Waals surface area (Å²) in [5.41, 5.74) is 2.85. The van der Waals surface area contributed by atoms with Crippen LogP contribution in [0, 0.1) is 0 Å². The van der Waals surface area contributed by atoms with E-state index in [2.05, 4.69) is 21.1 Å². The molecule has 2 nitrogen and oxygen atoms in total. The van der Waals surface area contributed by atoms with Gasteiger partial charge in [0.15, 0.2) is 5.58 Å². The minimum absolute atomic E-state index is 0.839. The van der Waals surface area contributed by atoms with Crippen molar-refractivity contribution in [3.05, 3.63) is 40.2 Å². The van der Waals surface area contributed by atoms with E-state index in [0.717, 1.165) is 25.3 Å². The van der Waals surface area contributed by atoms with Crippen LogP contribution >= 0.6 is 27.3 Å². The summed E-state index contributed by atoms with van der Waals surface area (Å²) in [6.07, 6.45) is 0. The molecule has 0 spiro atoms. The highest BCUT2D eigenvalue weighted by molar-refractivity contribution is 9.11. The van der Waals surface area contributed by atoms with Gasteiger partial charge < -0.3 is 4.52 Å². The van der Waals surface area contributed by atoms with Crippen LogP contribution in [0.15, 0.2) is 44.7 Å². The SMILES string of the molecule is Brc1cc2onc(-c3ccccc3)c2s1. The Balaban J connectivity index is 2.27. The Labute approximate surface area is 98.6 Å². The molecule has 0 N–H and O–H groups in total. The second-order valence-electron chi connectivity index (χ2n) is 3.14. The summed E-state index contributed by atoms with van der Waals surface area (Å²) in [6, 6.07) is 12.0. The number of fused-ring (bicyclic) bond motifs is 1. The Morgan fingerprint density at radius 3 is 2.80 bits per heavy atom. The van der Waals surface area contributed by atoms with E-state index in [4.69, 9.17) is 4.52 Å². The lowest BCUT2D eigenvalue weighted by molar-refractivity contribution is 0.459. The fourth-order valence-corrected chi connectivity index (χ4v) is 3.00. The quantitative estimate of drug-likeness (QED) is 0.663. The number of benzene rings is 1. The molecule has 0 aliphatic carbocycles. The van der Waals surface area contributed by atoms with Crippen molar-refractivity contribution in [3.8, 4) is 11.3 Å². The Morgan fingerprint density at radius 1 is 1.20 bits per heavy atom. The molecule has 0 aliphatic rings. The highest BCUT2D eigenvalue weighted by Gasteiger charge is 2.12. The van der Waals surface area contributed by atoms with Crippen LogP contribution in [0.1, 0.15) is 0 Å². The molecule has 0 radical (unpaired) electrons. The van der Waals surface area contributed by atoms with Gasteiger partial charge in [0, 0.05) is 11.6 Å². The molecule has 0 saturated heterocycles. The van der Waals surface area contributed by atoms with Gasteiger partial charge in [-0.2, -0.15) is 0 Å². The second kappa shape index (κ2) is 3.47. The Morgan fingerprint density at radius 2 is 2.00 bits per heavy atom. The van der Waals surface area contributed by atoms with Crippen LogP contribution < -0.4 is 0 Å². The first-order valence-corrected chi connectivity index (χ1v) is 6.06. The second-order valence-corrected chi connectivity index (χ2v) is 5.57. The van der Waals surface area contributed by atoms with E-state index < -0.39 is 0 Å². The summed E-state index contributed by atoms with van der Waals surface area (Å²) in [4.78, 5) is 0. The molecular formula is C11H6BrNOS. The average Bonchev–Trinajstić information content (AvgIpc) is 2.77. The van der Waals surface area contributed by atoms with Gasteiger partial charge in [-0.05, 0) is 15.9 Å². The summed E-state index contributed by atoms with van der Waals surface area (Å²) in [5, 5.41) is 4.08. The van der Waals surface area contributed by atoms with Crippen LogP contribution in [-0.4, -0.2) is 5.16 Å². The minimum Gasteiger partial charge on any atom is -0.355 e. The summed E-state index contributed by atoms with van der Waals surface area (Å²) in [5.74, 6) is 0. The molecule has 2 heterocycles. The zero-order chi connectivity index (χ0) is 10.3. The van der Waals surface area contributed by atoms with Crippen LogP contribution in [0.5, 0.6) is 0 Å². The highest BCUT2D eigenvalue weighted by Crippen LogP contribution is 2.36. The third kappa shape index (κ3) is 1.50. The third-order valence-corrected chi connectivity index (χ3v) is 3.79. The molecule has 3 aromatic rings. The first kappa shape index (κ1) is 9.12. The summed E-state index contributed by atoms with van der Waals surface area (Å²) in [7, 11) is 0. The van der Waals surface area contributed by atoms with Crippen LogP contribution in [0.3, 0.4) is 0 Å². The molecule has 0 atom stereocenters. The van der Waals surface area contributed by atoms with Crippen molar-refractivity contribution in [2.75, 3.05) is 0 Å². The summed E-state index contributed by atoms with van der Waals surface area (Å²) < 4.78 is 7.41. The standard InChI is InChI=1S/C11H6BrNOS/c12-9-6-8-11(15-9)10(13-14-8)7-4-2-1-3-5-7/h1-6H. The lowest BCUT2D eigenvalue weighted by Crippen LogP contribution is -1.74. The Kier molecular flexibility index (Phi) is 2.11. The van der Waals surface area contributed by atoms with Crippen LogP contribution in [-0.2, 0) is 0 Å². The molecule has 3 rings (SSSR count). The largest absolute Gasteiger partial charge is 0.355 e. The Hall–Kier alpha value is -1.13. The van der Waals surface area contributed by atoms with Crippen molar-refractivity contribution < 1.29 is 4.52 Å². The van der Waals surface area contributed by atoms with Gasteiger partial charge in [-0.25, -0.2) is 0 Å². The van der Waals surface area contributed by atoms with Crippen molar-refractivity contribution in [3.63, 3.8) is 0 Å². The zero-order valence-electron chi connectivity index (χ0n) is 7.61. The molecule has 1 aromatic carbocycles. The molecule has 4 heteroatoms. The van der Waals surface area contributed by atoms with Crippen molar-refractivity contribution >= 4 is 37.5 Å². The average molecular weight is 280 g/mol. The fraction of sp³-hybridized carbons (Fsp3) is 0. The topological polar surface area (TPSA) is 26.0 Å². The maximum Gasteiger partial charge on any atom is 0.179 e. The van der Waals surface area contributed by atoms with E-state index >= 15 is 0 Å². The van der Waals surface area contributed by atoms with E-state index in [1.165, 1.54) is 0 Å². The van der Waals surface area contributed by atoms with E-state index in [1.54, 1.807) is 11.3 Å². The first-order valence-electron chi connectivity index (χ1n) is 4.45. The fourth-order valence-electron chi connectivity index (χ4n) is 1.49. The van der Waals surface area contributed by atoms with Gasteiger partial charge in [-0.15, -0.1) is 11.3 Å². The number of aromatic nitrogens is 1. The van der Waals surface area contributed by atoms with Gasteiger partial charge in [0.05, 0.1) is 3.79 Å². The van der Waals surface area contributed by atoms with Gasteiger partial charge >= 0.3 is 0 Å². The lowest BCUT2D eigenvalue weighted by Gasteiger charge is -1.92. The molecule has 0 unspecified atom stereocenters. The Bertz CT molecular complexity index is 599. The van der Waals surface area contributed by atoms with Gasteiger partial charge in [-0.3, -0.25) is 0 Å². The highest BCUT2D eigenvalue weighted by atomic mass is 79.9. The number of thiophene rings is 1. The maximum absolute atomic E-state index is 5.25. The number of rotatable bonds is 1. The van der Waals surface area contributed by atoms with Gasteiger partial charge in [0.1, 0.15) is 10.4 Å². The van der Waals surface area contributed by atoms with Crippen LogP contribution in [0.2, 0.25) is 0 Å². The van der Waals surface area contributed by atoms with Crippen molar-refractivity contribution in [1.82, 2.24) is 5.16 Å². The van der Waals surface area contributed by atoms with E-state index in [-0.39, 0.29) is 0 Å². The van der Waals surface area contributed by atoms with Crippen molar-refractivity contribution in [1.29, 1.82) is 0 Å². The molecule has 15 heavy (non-hydrogen) atoms. The summed E-state index contributed by atoms with van der Waals surface area (Å²) in [6.45, 7) is 0. The van der Waals surface area contributed by atoms with E-state index in [1.807, 2.05) is 36.4 Å². The molecule has 0 saturated carbocycles. The third-order valence-electron chi connectivity index (χ3n) is 2.17. The zero-order valence-corrected chi connectivity index (χ0v) is 10.0. The molecule has 0 aliphatic heterocycles. The molecule has 74 valence electrons. The summed E-state index contributed by atoms with van der Waals surface area (Å²) >= 11 is 5.08. The van der Waals surface area contributed by atoms with Gasteiger partial charge in [0.25, 0.3) is 0 Å². The van der Waals surface area contributed by atoms with Crippen LogP contribution in [0.4, 0.5) is 0 Å². The maximum atomic E-state index is 5.25. The molecule has 2 aromatic heterocycles.